The smallest absolute Gasteiger partial charge is 0.756 e. The van der Waals surface area contributed by atoms with Crippen molar-refractivity contribution in [3.8, 4) is 0 Å². The number of aromatic nitrogens is 2. The minimum Gasteiger partial charge on any atom is -0.756 e. The van der Waals surface area contributed by atoms with E-state index in [-0.39, 0.29) is 75.9 Å². The van der Waals surface area contributed by atoms with Gasteiger partial charge in [0.15, 0.2) is 6.23 Å². The van der Waals surface area contributed by atoms with Crippen LogP contribution in [-0.4, -0.2) is 65.4 Å². The first-order chi connectivity index (χ1) is 13.1. The van der Waals surface area contributed by atoms with Crippen LogP contribution in [0.2, 0.25) is 0 Å². The maximum Gasteiger partial charge on any atom is 1.00 e. The normalized spacial score (nSPS) is 27.2. The van der Waals surface area contributed by atoms with Crippen LogP contribution in [0.4, 0.5) is 5.82 Å². The number of nitrogens with zero attached hydrogens (tertiary/aromatic N) is 2. The van der Waals surface area contributed by atoms with Crippen molar-refractivity contribution < 1.29 is 131 Å². The number of aliphatic hydroxyl groups is 2. The van der Waals surface area contributed by atoms with E-state index < -0.39 is 60.3 Å². The molecule has 1 aromatic heterocycles. The second-order valence-corrected chi connectivity index (χ2v) is 9.77. The van der Waals surface area contributed by atoms with Crippen LogP contribution in [0, 0.1) is 0 Å². The third-order valence-corrected chi connectivity index (χ3v) is 7.00. The fraction of sp³-hybridized carbons (Fsp3) is 0.556. The number of phosphoric acid groups is 3. The maximum atomic E-state index is 11.8. The number of aliphatic hydroxyl groups excluding tert-OH is 2. The van der Waals surface area contributed by atoms with Crippen LogP contribution in [0.5, 0.6) is 0 Å². The predicted molar refractivity (Wildman–Crippen MR) is 91.4 cm³/mol. The number of ether oxygens (including phenoxy) is 1. The second kappa shape index (κ2) is 14.6. The topological polar surface area (TPSA) is 339 Å². The number of hydrogen-bond acceptors (Lipinski definition) is 14. The second-order valence-electron chi connectivity index (χ2n) is 5.43. The molecule has 3 unspecified atom stereocenters. The molecule has 182 valence electrons. The molecule has 0 radical (unpaired) electrons. The fourth-order valence-electron chi connectivity index (χ4n) is 2.18. The van der Waals surface area contributed by atoms with Crippen LogP contribution >= 0.6 is 23.5 Å². The Balaban J connectivity index is -0.00000225. The third-order valence-electron chi connectivity index (χ3n) is 3.27. The van der Waals surface area contributed by atoms with Gasteiger partial charge < -0.3 is 51.2 Å². The number of anilines is 1. The summed E-state index contributed by atoms with van der Waals surface area (Å²) < 4.78 is 49.9. The molecule has 24 heteroatoms. The molecule has 0 aromatic carbocycles. The van der Waals surface area contributed by atoms with Crippen LogP contribution in [-0.2, 0) is 31.6 Å². The minimum absolute atomic E-state index is 0. The molecule has 0 aliphatic carbocycles. The van der Waals surface area contributed by atoms with Crippen molar-refractivity contribution in [2.24, 2.45) is 0 Å². The van der Waals surface area contributed by atoms with Crippen molar-refractivity contribution in [1.82, 2.24) is 9.55 Å². The SMILES string of the molecule is Nc1ccn([C@@H]2O[C@H](COP(=O)(O)OP(=O)([O-])OP(=O)([O-])O)[C@@H](O)[C@H]2O)c(=O)n1.O.O.[Na+].[Na+]. The van der Waals surface area contributed by atoms with Gasteiger partial charge >= 0.3 is 72.6 Å². The van der Waals surface area contributed by atoms with E-state index in [1.807, 2.05) is 0 Å². The molecule has 1 saturated heterocycles. The number of phosphoric ester groups is 1. The molecule has 2 rings (SSSR count). The van der Waals surface area contributed by atoms with E-state index in [1.165, 1.54) is 6.07 Å². The number of nitrogens with two attached hydrogens (primary N) is 1. The summed E-state index contributed by atoms with van der Waals surface area (Å²) in [6.45, 7) is -1.06. The van der Waals surface area contributed by atoms with Crippen molar-refractivity contribution >= 4 is 29.3 Å². The number of rotatable bonds is 8. The van der Waals surface area contributed by atoms with Crippen molar-refractivity contribution in [2.75, 3.05) is 12.3 Å². The van der Waals surface area contributed by atoms with Crippen LogP contribution in [0.15, 0.2) is 17.1 Å². The zero-order chi connectivity index (χ0) is 22.2. The summed E-state index contributed by atoms with van der Waals surface area (Å²) in [5.74, 6) is -0.132. The predicted octanol–water partition coefficient (Wildman–Crippen LogP) is -11.1. The molecular formula is C9H18N3Na2O16P3. The first-order valence-corrected chi connectivity index (χ1v) is 11.7. The molecule has 2 heterocycles. The first-order valence-electron chi connectivity index (χ1n) is 7.21. The largest absolute Gasteiger partial charge is 1.00 e. The van der Waals surface area contributed by atoms with Gasteiger partial charge in [0, 0.05) is 6.20 Å². The van der Waals surface area contributed by atoms with Crippen LogP contribution in [0.3, 0.4) is 0 Å². The van der Waals surface area contributed by atoms with Gasteiger partial charge in [-0.1, -0.05) is 0 Å². The summed E-state index contributed by atoms with van der Waals surface area (Å²) in [6, 6.07) is 1.19. The molecule has 0 amide bonds. The van der Waals surface area contributed by atoms with E-state index in [2.05, 4.69) is 18.1 Å². The van der Waals surface area contributed by atoms with Gasteiger partial charge in [0.05, 0.1) is 6.61 Å². The van der Waals surface area contributed by atoms with Gasteiger partial charge in [-0.2, -0.15) is 4.98 Å². The van der Waals surface area contributed by atoms with Gasteiger partial charge in [0.1, 0.15) is 24.1 Å². The van der Waals surface area contributed by atoms with E-state index >= 15 is 0 Å². The summed E-state index contributed by atoms with van der Waals surface area (Å²) in [5, 5.41) is 19.9. The van der Waals surface area contributed by atoms with Gasteiger partial charge in [0.2, 0.25) is 0 Å². The third kappa shape index (κ3) is 11.7. The Labute approximate surface area is 228 Å². The van der Waals surface area contributed by atoms with Gasteiger partial charge in [-0.05, 0) is 6.07 Å². The van der Waals surface area contributed by atoms with Gasteiger partial charge in [-0.3, -0.25) is 18.2 Å². The Morgan fingerprint density at radius 2 is 1.67 bits per heavy atom. The summed E-state index contributed by atoms with van der Waals surface area (Å²) in [4.78, 5) is 54.3. The molecule has 1 aliphatic heterocycles. The van der Waals surface area contributed by atoms with Crippen LogP contribution < -0.4 is 80.3 Å². The zero-order valence-electron chi connectivity index (χ0n) is 16.9. The van der Waals surface area contributed by atoms with Crippen molar-refractivity contribution in [2.45, 2.75) is 24.5 Å². The molecule has 0 saturated carbocycles. The fourth-order valence-corrected chi connectivity index (χ4v) is 5.11. The monoisotopic (exact) mass is 563 g/mol. The first kappa shape index (κ1) is 38.4. The standard InChI is InChI=1S/C9H16N3O14P3.2Na.2H2O/c10-5-1-2-12(9(15)11-5)8-7(14)6(13)4(24-8)3-23-28(19,20)26-29(21,22)25-27(16,17)18;;;;/h1-2,4,6-8,13-14H,3H2,(H,19,20)(H,21,22)(H2,10,11,15)(H2,16,17,18);;;2*1H2/q;2*+1;;/p-2/t4-,6-,7-,8-;;;;/m1..../s1. The zero-order valence-corrected chi connectivity index (χ0v) is 23.5. The van der Waals surface area contributed by atoms with E-state index in [0.717, 1.165) is 10.8 Å². The Kier molecular flexibility index (Phi) is 17.0. The molecule has 19 nitrogen and oxygen atoms in total. The van der Waals surface area contributed by atoms with E-state index in [9.17, 15) is 43.4 Å². The summed E-state index contributed by atoms with van der Waals surface area (Å²) in [7, 11) is -17.4. The minimum atomic E-state index is -6.03. The van der Waals surface area contributed by atoms with Crippen LogP contribution in [0.25, 0.3) is 0 Å². The molecule has 33 heavy (non-hydrogen) atoms. The summed E-state index contributed by atoms with van der Waals surface area (Å²) in [6.07, 6.45) is -5.50. The molecule has 0 spiro atoms. The molecule has 1 fully saturated rings. The quantitative estimate of drug-likeness (QED) is 0.145. The molecule has 0 bridgehead atoms. The molecule has 7 atom stereocenters. The Bertz CT molecular complexity index is 959. The number of hydrogen-bond donors (Lipinski definition) is 5. The molecule has 1 aromatic rings. The average Bonchev–Trinajstić information content (AvgIpc) is 2.78. The van der Waals surface area contributed by atoms with Crippen molar-refractivity contribution in [1.29, 1.82) is 0 Å². The maximum absolute atomic E-state index is 11.8. The molecule has 1 aliphatic rings. The van der Waals surface area contributed by atoms with Crippen LogP contribution in [0.1, 0.15) is 6.23 Å². The van der Waals surface area contributed by atoms with E-state index in [4.69, 9.17) is 15.4 Å². The Hall–Kier alpha value is 0.890. The number of nitrogen functional groups attached to an aromatic ring is 1. The summed E-state index contributed by atoms with van der Waals surface area (Å²) >= 11 is 0. The molecule has 10 N–H and O–H groups in total. The average molecular weight is 563 g/mol. The van der Waals surface area contributed by atoms with Gasteiger partial charge in [-0.25, -0.2) is 18.0 Å². The van der Waals surface area contributed by atoms with Crippen molar-refractivity contribution in [3.05, 3.63) is 22.7 Å². The van der Waals surface area contributed by atoms with Crippen molar-refractivity contribution in [3.63, 3.8) is 0 Å². The van der Waals surface area contributed by atoms with Gasteiger partial charge in [-0.15, -0.1) is 0 Å². The molecular weight excluding hydrogens is 545 g/mol. The van der Waals surface area contributed by atoms with E-state index in [0.29, 0.717) is 0 Å². The summed E-state index contributed by atoms with van der Waals surface area (Å²) in [5.41, 5.74) is 4.37. The Morgan fingerprint density at radius 1 is 1.12 bits per heavy atom. The van der Waals surface area contributed by atoms with E-state index in [1.54, 1.807) is 0 Å². The Morgan fingerprint density at radius 3 is 2.15 bits per heavy atom. The van der Waals surface area contributed by atoms with Gasteiger partial charge in [0.25, 0.3) is 15.6 Å².